The lowest BCUT2D eigenvalue weighted by Crippen LogP contribution is -2.41. The predicted molar refractivity (Wildman–Crippen MR) is 110 cm³/mol. The Bertz CT molecular complexity index is 867. The molecule has 3 rings (SSSR count). The smallest absolute Gasteiger partial charge is 0.399 e. The van der Waals surface area contributed by atoms with Crippen molar-refractivity contribution in [3.05, 3.63) is 41.7 Å². The van der Waals surface area contributed by atoms with Crippen LogP contribution in [0, 0.1) is 17.3 Å². The van der Waals surface area contributed by atoms with Gasteiger partial charge < -0.3 is 9.31 Å². The zero-order valence-electron chi connectivity index (χ0n) is 16.3. The van der Waals surface area contributed by atoms with E-state index in [1.807, 2.05) is 45.9 Å². The molecule has 136 valence electrons. The lowest BCUT2D eigenvalue weighted by molar-refractivity contribution is 0.00578. The second kappa shape index (κ2) is 7.19. The summed E-state index contributed by atoms with van der Waals surface area (Å²) in [5.74, 6) is 2.84. The molecule has 0 aliphatic carbocycles. The first-order valence-electron chi connectivity index (χ1n) is 9.32. The summed E-state index contributed by atoms with van der Waals surface area (Å²) in [7, 11) is -1.000. The van der Waals surface area contributed by atoms with Crippen molar-refractivity contribution in [1.82, 2.24) is 0 Å². The molecule has 1 fully saturated rings. The van der Waals surface area contributed by atoms with Crippen molar-refractivity contribution in [2.24, 2.45) is 0 Å². The first-order valence-corrected chi connectivity index (χ1v) is 11.0. The lowest BCUT2D eigenvalue weighted by Gasteiger charge is -2.32. The molecule has 0 unspecified atom stereocenters. The van der Waals surface area contributed by atoms with Crippen molar-refractivity contribution in [2.75, 3.05) is 0 Å². The van der Waals surface area contributed by atoms with Crippen molar-refractivity contribution < 1.29 is 13.7 Å². The minimum absolute atomic E-state index is 0.278. The summed E-state index contributed by atoms with van der Waals surface area (Å²) < 4.78 is 27.1. The van der Waals surface area contributed by atoms with Gasteiger partial charge in [-0.2, -0.15) is 0 Å². The third-order valence-corrected chi connectivity index (χ3v) is 6.89. The molecular weight excluding hydrogens is 342 g/mol. The molecule has 0 bridgehead atoms. The zero-order valence-corrected chi connectivity index (χ0v) is 17.7. The van der Waals surface area contributed by atoms with Crippen LogP contribution >= 0.6 is 0 Å². The van der Waals surface area contributed by atoms with Crippen molar-refractivity contribution in [2.45, 2.75) is 58.3 Å². The van der Waals surface area contributed by atoms with Gasteiger partial charge in [-0.15, -0.1) is 5.54 Å². The van der Waals surface area contributed by atoms with E-state index < -0.39 is 27.8 Å². The predicted octanol–water partition coefficient (Wildman–Crippen LogP) is 3.58. The van der Waals surface area contributed by atoms with Crippen LogP contribution in [0.5, 0.6) is 0 Å². The highest BCUT2D eigenvalue weighted by Crippen LogP contribution is 2.37. The molecule has 0 radical (unpaired) electrons. The van der Waals surface area contributed by atoms with E-state index in [9.17, 15) is 4.39 Å². The summed E-state index contributed by atoms with van der Waals surface area (Å²) in [4.78, 5) is 0. The van der Waals surface area contributed by atoms with Gasteiger partial charge in [-0.25, -0.2) is 4.39 Å². The summed E-state index contributed by atoms with van der Waals surface area (Å²) in [6.07, 6.45) is 1.14. The number of fused-ring (bicyclic) bond motifs is 1. The van der Waals surface area contributed by atoms with Crippen molar-refractivity contribution in [3.63, 3.8) is 0 Å². The monoisotopic (exact) mass is 368 g/mol. The van der Waals surface area contributed by atoms with E-state index in [4.69, 9.17) is 9.31 Å². The Morgan fingerprint density at radius 1 is 1.08 bits per heavy atom. The quantitative estimate of drug-likeness (QED) is 0.468. The molecule has 0 saturated carbocycles. The van der Waals surface area contributed by atoms with Crippen LogP contribution in [-0.2, 0) is 9.31 Å². The van der Waals surface area contributed by atoms with Crippen LogP contribution in [0.1, 0.15) is 46.6 Å². The standard InChI is InChI=1S/C21H26BFO2Si/c1-6-13-26-14-12-16-18(23)11-10-15-8-7-9-17(19(15)16)22-24-20(2,3)21(4,5)25-22/h7-11H,6,13,26H2,1-5H3. The largest absolute Gasteiger partial charge is 0.495 e. The topological polar surface area (TPSA) is 18.5 Å². The van der Waals surface area contributed by atoms with Gasteiger partial charge >= 0.3 is 7.12 Å². The highest BCUT2D eigenvalue weighted by molar-refractivity contribution is 6.65. The maximum Gasteiger partial charge on any atom is 0.495 e. The van der Waals surface area contributed by atoms with Crippen molar-refractivity contribution in [3.8, 4) is 11.5 Å². The molecule has 1 saturated heterocycles. The van der Waals surface area contributed by atoms with Crippen LogP contribution in [0.15, 0.2) is 30.3 Å². The molecule has 0 atom stereocenters. The third kappa shape index (κ3) is 3.46. The van der Waals surface area contributed by atoms with Gasteiger partial charge in [0.15, 0.2) is 0 Å². The average molecular weight is 368 g/mol. The molecule has 2 aromatic rings. The van der Waals surface area contributed by atoms with E-state index in [2.05, 4.69) is 18.4 Å². The molecule has 0 aromatic heterocycles. The molecular formula is C21H26BFO2Si. The number of hydrogen-bond acceptors (Lipinski definition) is 2. The molecule has 0 N–H and O–H groups in total. The number of benzene rings is 2. The second-order valence-corrected chi connectivity index (χ2v) is 9.42. The number of halogens is 1. The molecule has 26 heavy (non-hydrogen) atoms. The third-order valence-electron chi connectivity index (χ3n) is 5.40. The molecule has 1 aliphatic rings. The average Bonchev–Trinajstić information content (AvgIpc) is 2.80. The summed E-state index contributed by atoms with van der Waals surface area (Å²) in [5, 5.41) is 1.77. The highest BCUT2D eigenvalue weighted by atomic mass is 28.2. The molecule has 2 aromatic carbocycles. The van der Waals surface area contributed by atoms with Gasteiger partial charge in [0, 0.05) is 5.39 Å². The maximum absolute atomic E-state index is 14.6. The van der Waals surface area contributed by atoms with Crippen LogP contribution in [0.4, 0.5) is 4.39 Å². The molecule has 1 aliphatic heterocycles. The minimum atomic E-state index is -0.529. The van der Waals surface area contributed by atoms with E-state index in [0.29, 0.717) is 5.56 Å². The summed E-state index contributed by atoms with van der Waals surface area (Å²) >= 11 is 0. The SMILES string of the molecule is CCC[SiH2]C#Cc1c(F)ccc2cccc(B3OC(C)(C)C(C)(C)O3)c12. The van der Waals surface area contributed by atoms with Crippen molar-refractivity contribution in [1.29, 1.82) is 0 Å². The normalized spacial score (nSPS) is 18.5. The Morgan fingerprint density at radius 2 is 1.77 bits per heavy atom. The Labute approximate surface area is 158 Å². The number of hydrogen-bond donors (Lipinski definition) is 0. The molecule has 5 heteroatoms. The highest BCUT2D eigenvalue weighted by Gasteiger charge is 2.52. The van der Waals surface area contributed by atoms with Crippen LogP contribution < -0.4 is 5.46 Å². The van der Waals surface area contributed by atoms with Gasteiger partial charge in [-0.05, 0) is 44.6 Å². The van der Waals surface area contributed by atoms with Gasteiger partial charge in [-0.3, -0.25) is 0 Å². The minimum Gasteiger partial charge on any atom is -0.399 e. The van der Waals surface area contributed by atoms with E-state index >= 15 is 0 Å². The van der Waals surface area contributed by atoms with Gasteiger partial charge in [0.05, 0.1) is 16.8 Å². The van der Waals surface area contributed by atoms with Gasteiger partial charge in [-0.1, -0.05) is 49.6 Å². The first kappa shape index (κ1) is 19.2. The van der Waals surface area contributed by atoms with E-state index in [1.165, 1.54) is 6.07 Å². The van der Waals surface area contributed by atoms with Crippen LogP contribution in [0.25, 0.3) is 10.8 Å². The second-order valence-electron chi connectivity index (χ2n) is 7.86. The van der Waals surface area contributed by atoms with Crippen molar-refractivity contribution >= 4 is 32.9 Å². The van der Waals surface area contributed by atoms with Crippen LogP contribution in [0.3, 0.4) is 0 Å². The van der Waals surface area contributed by atoms with Gasteiger partial charge in [0.2, 0.25) is 0 Å². The fraction of sp³-hybridized carbons (Fsp3) is 0.429. The Balaban J connectivity index is 2.12. The first-order chi connectivity index (χ1) is 12.3. The fourth-order valence-electron chi connectivity index (χ4n) is 3.09. The Kier molecular flexibility index (Phi) is 5.30. The Hall–Kier alpha value is -1.61. The zero-order chi connectivity index (χ0) is 18.9. The van der Waals surface area contributed by atoms with Crippen LogP contribution in [0.2, 0.25) is 6.04 Å². The Morgan fingerprint density at radius 3 is 2.42 bits per heavy atom. The maximum atomic E-state index is 14.6. The van der Waals surface area contributed by atoms with E-state index in [1.54, 1.807) is 6.07 Å². The van der Waals surface area contributed by atoms with E-state index in [-0.39, 0.29) is 5.82 Å². The van der Waals surface area contributed by atoms with E-state index in [0.717, 1.165) is 28.7 Å². The molecule has 1 heterocycles. The molecule has 0 amide bonds. The summed E-state index contributed by atoms with van der Waals surface area (Å²) in [6.45, 7) is 10.3. The van der Waals surface area contributed by atoms with Gasteiger partial charge in [0.25, 0.3) is 0 Å². The van der Waals surface area contributed by atoms with Gasteiger partial charge in [0.1, 0.15) is 15.3 Å². The van der Waals surface area contributed by atoms with Crippen LogP contribution in [-0.4, -0.2) is 27.8 Å². The lowest BCUT2D eigenvalue weighted by atomic mass is 9.75. The molecule has 2 nitrogen and oxygen atoms in total. The molecule has 0 spiro atoms. The summed E-state index contributed by atoms with van der Waals surface area (Å²) in [5.41, 5.74) is 3.70. The summed E-state index contributed by atoms with van der Waals surface area (Å²) in [6, 6.07) is 10.4. The number of rotatable bonds is 3. The fourth-order valence-corrected chi connectivity index (χ4v) is 3.92.